The van der Waals surface area contributed by atoms with E-state index in [0.29, 0.717) is 55.8 Å². The van der Waals surface area contributed by atoms with Gasteiger partial charge < -0.3 is 29.1 Å². The Morgan fingerprint density at radius 1 is 1.16 bits per heavy atom. The van der Waals surface area contributed by atoms with Crippen molar-refractivity contribution in [1.82, 2.24) is 4.90 Å². The molecule has 4 rings (SSSR count). The molecule has 1 fully saturated rings. The molecule has 0 saturated carbocycles. The molecule has 1 saturated heterocycles. The van der Waals surface area contributed by atoms with Gasteiger partial charge in [0.1, 0.15) is 11.6 Å². The fourth-order valence-electron chi connectivity index (χ4n) is 5.84. The van der Waals surface area contributed by atoms with Crippen molar-refractivity contribution in [2.75, 3.05) is 45.4 Å². The lowest BCUT2D eigenvalue weighted by atomic mass is 9.84. The quantitative estimate of drug-likeness (QED) is 0.189. The maximum absolute atomic E-state index is 15.3. The lowest BCUT2D eigenvalue weighted by molar-refractivity contribution is -0.137. The van der Waals surface area contributed by atoms with Gasteiger partial charge in [0.05, 0.1) is 44.7 Å². The Hall–Kier alpha value is -3.85. The molecule has 12 heteroatoms. The molecule has 0 radical (unpaired) electrons. The van der Waals surface area contributed by atoms with Crippen molar-refractivity contribution in [3.8, 4) is 23.3 Å². The number of nitrogens with zero attached hydrogens (tertiary/aromatic N) is 3. The second-order valence-corrected chi connectivity index (χ2v) is 12.4. The van der Waals surface area contributed by atoms with E-state index in [0.717, 1.165) is 17.7 Å². The minimum Gasteiger partial charge on any atom is -0.493 e. The maximum atomic E-state index is 15.3. The van der Waals surface area contributed by atoms with Gasteiger partial charge in [-0.1, -0.05) is 20.8 Å². The van der Waals surface area contributed by atoms with Crippen molar-refractivity contribution < 1.29 is 33.3 Å². The molecule has 2 aliphatic rings. The summed E-state index contributed by atoms with van der Waals surface area (Å²) in [7, 11) is 2.76. The van der Waals surface area contributed by atoms with Gasteiger partial charge in [-0.15, -0.1) is 17.0 Å². The van der Waals surface area contributed by atoms with E-state index in [4.69, 9.17) is 24.7 Å². The first kappa shape index (κ1) is 35.6. The molecule has 2 heterocycles. The number of ketones is 1. The molecule has 1 atom stereocenters. The number of amidine groups is 1. The maximum Gasteiger partial charge on any atom is 0.303 e. The van der Waals surface area contributed by atoms with Gasteiger partial charge in [-0.2, -0.15) is 5.26 Å². The van der Waals surface area contributed by atoms with Crippen LogP contribution in [0.3, 0.4) is 0 Å². The molecule has 0 aromatic heterocycles. The van der Waals surface area contributed by atoms with Gasteiger partial charge in [-0.3, -0.25) is 15.0 Å². The van der Waals surface area contributed by atoms with E-state index in [1.54, 1.807) is 6.07 Å². The van der Waals surface area contributed by atoms with Crippen LogP contribution in [0, 0.1) is 28.5 Å². The van der Waals surface area contributed by atoms with Gasteiger partial charge in [-0.25, -0.2) is 4.39 Å². The number of rotatable bonds is 13. The molecule has 2 aromatic rings. The average molecular weight is 690 g/mol. The Bertz CT molecular complexity index is 1490. The first-order valence-electron chi connectivity index (χ1n) is 14.8. The largest absolute Gasteiger partial charge is 0.493 e. The van der Waals surface area contributed by atoms with E-state index in [-0.39, 0.29) is 71.1 Å². The van der Waals surface area contributed by atoms with Crippen LogP contribution in [0.2, 0.25) is 0 Å². The number of nitrogens with one attached hydrogen (secondary N) is 1. The number of carboxylic acid groups (broad SMARTS) is 1. The smallest absolute Gasteiger partial charge is 0.303 e. The third-order valence-corrected chi connectivity index (χ3v) is 8.18. The number of aliphatic carboxylic acids is 1. The molecule has 0 spiro atoms. The predicted molar refractivity (Wildman–Crippen MR) is 174 cm³/mol. The molecular weight excluding hydrogens is 647 g/mol. The van der Waals surface area contributed by atoms with Crippen LogP contribution in [-0.2, 0) is 16.8 Å². The zero-order chi connectivity index (χ0) is 32.2. The topological polar surface area (TPSA) is 136 Å². The van der Waals surface area contributed by atoms with E-state index < -0.39 is 17.2 Å². The van der Waals surface area contributed by atoms with Gasteiger partial charge in [0.15, 0.2) is 23.1 Å². The van der Waals surface area contributed by atoms with Gasteiger partial charge in [0.2, 0.25) is 0 Å². The van der Waals surface area contributed by atoms with Gasteiger partial charge in [0.25, 0.3) is 0 Å². The number of carbonyl (C=O) groups is 2. The van der Waals surface area contributed by atoms with Crippen LogP contribution in [0.5, 0.6) is 17.2 Å². The summed E-state index contributed by atoms with van der Waals surface area (Å²) in [5, 5.41) is 27.0. The SMILES string of the molecule is Br.COc1cc2c(c(F)c1OC)C(=N)N(CC(=O)c1cc(N3CCC(CC#N)C3)c(OCCCCC(=O)O)c(C(C)(C)C)c1)C2. The summed E-state index contributed by atoms with van der Waals surface area (Å²) in [6.07, 6.45) is 2.41. The minimum absolute atomic E-state index is 0. The number of hydrogen-bond acceptors (Lipinski definition) is 8. The highest BCUT2D eigenvalue weighted by molar-refractivity contribution is 8.93. The average Bonchev–Trinajstić information content (AvgIpc) is 3.56. The zero-order valence-electron chi connectivity index (χ0n) is 26.5. The van der Waals surface area contributed by atoms with Gasteiger partial charge >= 0.3 is 5.97 Å². The van der Waals surface area contributed by atoms with Crippen LogP contribution in [0.15, 0.2) is 18.2 Å². The summed E-state index contributed by atoms with van der Waals surface area (Å²) < 4.78 is 32.1. The third-order valence-electron chi connectivity index (χ3n) is 8.18. The van der Waals surface area contributed by atoms with Gasteiger partial charge in [0, 0.05) is 43.6 Å². The molecule has 2 aromatic carbocycles. The Kier molecular flexibility index (Phi) is 11.8. The summed E-state index contributed by atoms with van der Waals surface area (Å²) >= 11 is 0. The number of Topliss-reactive ketones (excluding diaryl/α,β-unsaturated/α-hetero) is 1. The van der Waals surface area contributed by atoms with E-state index in [1.165, 1.54) is 19.1 Å². The molecular formula is C33H42BrFN4O6. The number of fused-ring (bicyclic) bond motifs is 1. The number of anilines is 1. The van der Waals surface area contributed by atoms with Gasteiger partial charge in [-0.05, 0) is 54.4 Å². The Balaban J connectivity index is 0.00000552. The number of unbranched alkanes of at least 4 members (excludes halogenated alkanes) is 1. The molecule has 0 aliphatic carbocycles. The number of halogens is 2. The van der Waals surface area contributed by atoms with Crippen molar-refractivity contribution >= 4 is 40.3 Å². The number of carbonyl (C=O) groups excluding carboxylic acids is 1. The normalized spacial score (nSPS) is 15.8. The molecule has 2 aliphatic heterocycles. The lowest BCUT2D eigenvalue weighted by Crippen LogP contribution is -2.31. The first-order valence-corrected chi connectivity index (χ1v) is 14.8. The summed E-state index contributed by atoms with van der Waals surface area (Å²) in [6.45, 7) is 7.84. The van der Waals surface area contributed by atoms with E-state index in [1.807, 2.05) is 32.9 Å². The second kappa shape index (κ2) is 15.0. The Labute approximate surface area is 274 Å². The fraction of sp³-hybridized carbons (Fsp3) is 0.515. The number of nitriles is 1. The summed E-state index contributed by atoms with van der Waals surface area (Å²) in [5.41, 5.74) is 2.28. The Morgan fingerprint density at radius 2 is 1.89 bits per heavy atom. The molecule has 45 heavy (non-hydrogen) atoms. The fourth-order valence-corrected chi connectivity index (χ4v) is 5.84. The van der Waals surface area contributed by atoms with Crippen molar-refractivity contribution in [2.45, 2.75) is 64.8 Å². The van der Waals surface area contributed by atoms with Crippen molar-refractivity contribution in [3.05, 3.63) is 46.3 Å². The molecule has 0 amide bonds. The highest BCUT2D eigenvalue weighted by Gasteiger charge is 2.34. The second-order valence-electron chi connectivity index (χ2n) is 12.4. The van der Waals surface area contributed by atoms with Crippen LogP contribution in [0.4, 0.5) is 10.1 Å². The van der Waals surface area contributed by atoms with Crippen molar-refractivity contribution in [3.63, 3.8) is 0 Å². The molecule has 1 unspecified atom stereocenters. The van der Waals surface area contributed by atoms with E-state index in [2.05, 4.69) is 11.0 Å². The highest BCUT2D eigenvalue weighted by Crippen LogP contribution is 2.43. The minimum atomic E-state index is -0.847. The van der Waals surface area contributed by atoms with Crippen molar-refractivity contribution in [1.29, 1.82) is 10.7 Å². The number of benzene rings is 2. The molecule has 2 N–H and O–H groups in total. The van der Waals surface area contributed by atoms with E-state index >= 15 is 4.39 Å². The number of carboxylic acids is 1. The highest BCUT2D eigenvalue weighted by atomic mass is 79.9. The monoisotopic (exact) mass is 688 g/mol. The lowest BCUT2D eigenvalue weighted by Gasteiger charge is -2.30. The summed E-state index contributed by atoms with van der Waals surface area (Å²) in [4.78, 5) is 28.5. The number of ether oxygens (including phenoxy) is 3. The standard InChI is InChI=1S/C33H41FN4O6.BrH/c1-33(2,3)23-14-21(25(39)19-38-18-22-16-26(42-4)31(43-5)29(34)28(22)32(38)36)15-24(37-12-10-20(17-37)9-11-35)30(23)44-13-7-6-8-27(40)41;/h14-16,20,36H,6-10,12-13,17-19H2,1-5H3,(H,40,41);1H. The number of hydrogen-bond donors (Lipinski definition) is 2. The van der Waals surface area contributed by atoms with Crippen molar-refractivity contribution in [2.24, 2.45) is 5.92 Å². The van der Waals surface area contributed by atoms with Crippen LogP contribution in [-0.4, -0.2) is 68.1 Å². The Morgan fingerprint density at radius 3 is 2.51 bits per heavy atom. The predicted octanol–water partition coefficient (Wildman–Crippen LogP) is 6.12. The summed E-state index contributed by atoms with van der Waals surface area (Å²) in [5.74, 6) is -0.856. The summed E-state index contributed by atoms with van der Waals surface area (Å²) in [6, 6.07) is 7.55. The molecule has 244 valence electrons. The van der Waals surface area contributed by atoms with Crippen LogP contribution in [0.25, 0.3) is 0 Å². The van der Waals surface area contributed by atoms with Crippen LogP contribution < -0.4 is 19.1 Å². The number of methoxy groups -OCH3 is 2. The van der Waals surface area contributed by atoms with E-state index in [9.17, 15) is 14.9 Å². The zero-order valence-corrected chi connectivity index (χ0v) is 28.2. The van der Waals surface area contributed by atoms with Crippen LogP contribution >= 0.6 is 17.0 Å². The third kappa shape index (κ3) is 7.87. The molecule has 10 nitrogen and oxygen atoms in total. The van der Waals surface area contributed by atoms with Crippen LogP contribution in [0.1, 0.15) is 79.9 Å². The first-order chi connectivity index (χ1) is 20.9. The molecule has 0 bridgehead atoms.